The summed E-state index contributed by atoms with van der Waals surface area (Å²) in [6.45, 7) is 3.58. The molecule has 0 aliphatic carbocycles. The summed E-state index contributed by atoms with van der Waals surface area (Å²) in [7, 11) is -2.05. The van der Waals surface area contributed by atoms with Crippen LogP contribution in [-0.4, -0.2) is 27.0 Å². The summed E-state index contributed by atoms with van der Waals surface area (Å²) < 4.78 is 24.9. The minimum Gasteiger partial charge on any atom is -0.313 e. The number of hydrogen-bond donors (Lipinski definition) is 2. The van der Waals surface area contributed by atoms with E-state index in [9.17, 15) is 8.42 Å². The van der Waals surface area contributed by atoms with Gasteiger partial charge in [-0.1, -0.05) is 13.0 Å². The third-order valence-corrected chi connectivity index (χ3v) is 3.25. The summed E-state index contributed by atoms with van der Waals surface area (Å²) in [4.78, 5) is 3.88. The zero-order chi connectivity index (χ0) is 11.3. The average molecular weight is 229 g/mol. The monoisotopic (exact) mass is 229 g/mol. The van der Waals surface area contributed by atoms with Crippen LogP contribution in [0.25, 0.3) is 0 Å². The quantitative estimate of drug-likeness (QED) is 0.751. The Bertz CT molecular complexity index is 400. The SMILES string of the molecule is CCNCc1ccc(S(=O)(=O)NC)nc1. The molecule has 84 valence electrons. The lowest BCUT2D eigenvalue weighted by molar-refractivity contribution is 0.584. The van der Waals surface area contributed by atoms with E-state index in [0.717, 1.165) is 12.1 Å². The van der Waals surface area contributed by atoms with Crippen LogP contribution in [0.4, 0.5) is 0 Å². The van der Waals surface area contributed by atoms with E-state index < -0.39 is 10.0 Å². The van der Waals surface area contributed by atoms with Crippen molar-refractivity contribution in [2.75, 3.05) is 13.6 Å². The molecule has 5 nitrogen and oxygen atoms in total. The maximum absolute atomic E-state index is 11.3. The fourth-order valence-corrected chi connectivity index (χ4v) is 1.70. The lowest BCUT2D eigenvalue weighted by atomic mass is 10.3. The largest absolute Gasteiger partial charge is 0.313 e. The first-order valence-corrected chi connectivity index (χ1v) is 6.17. The van der Waals surface area contributed by atoms with Crippen LogP contribution in [0.1, 0.15) is 12.5 Å². The molecule has 0 amide bonds. The number of rotatable bonds is 5. The fraction of sp³-hybridized carbons (Fsp3) is 0.444. The predicted octanol–water partition coefficient (Wildman–Crippen LogP) is 0.0992. The van der Waals surface area contributed by atoms with Gasteiger partial charge in [-0.3, -0.25) is 0 Å². The molecule has 0 aromatic carbocycles. The molecule has 0 unspecified atom stereocenters. The van der Waals surface area contributed by atoms with E-state index in [-0.39, 0.29) is 5.03 Å². The second kappa shape index (κ2) is 5.20. The van der Waals surface area contributed by atoms with Gasteiger partial charge in [-0.05, 0) is 25.2 Å². The highest BCUT2D eigenvalue weighted by molar-refractivity contribution is 7.89. The van der Waals surface area contributed by atoms with Gasteiger partial charge in [-0.25, -0.2) is 18.1 Å². The molecular formula is C9H15N3O2S. The number of pyridine rings is 1. The van der Waals surface area contributed by atoms with Crippen molar-refractivity contribution in [2.45, 2.75) is 18.5 Å². The molecule has 15 heavy (non-hydrogen) atoms. The first-order valence-electron chi connectivity index (χ1n) is 4.69. The standard InChI is InChI=1S/C9H15N3O2S/c1-3-11-6-8-4-5-9(12-7-8)15(13,14)10-2/h4-5,7,10-11H,3,6H2,1-2H3. The molecule has 6 heteroatoms. The van der Waals surface area contributed by atoms with E-state index in [1.54, 1.807) is 12.3 Å². The molecule has 2 N–H and O–H groups in total. The van der Waals surface area contributed by atoms with Crippen molar-refractivity contribution in [1.82, 2.24) is 15.0 Å². The summed E-state index contributed by atoms with van der Waals surface area (Å²) in [6, 6.07) is 3.25. The molecule has 0 radical (unpaired) electrons. The molecule has 0 aliphatic rings. The molecule has 1 aromatic rings. The van der Waals surface area contributed by atoms with Crippen LogP contribution in [0.15, 0.2) is 23.4 Å². The Morgan fingerprint density at radius 1 is 1.40 bits per heavy atom. The topological polar surface area (TPSA) is 71.1 Å². The van der Waals surface area contributed by atoms with Crippen molar-refractivity contribution in [3.8, 4) is 0 Å². The van der Waals surface area contributed by atoms with Crippen molar-refractivity contribution in [3.63, 3.8) is 0 Å². The minimum absolute atomic E-state index is 0.0465. The maximum Gasteiger partial charge on any atom is 0.257 e. The van der Waals surface area contributed by atoms with Gasteiger partial charge in [0, 0.05) is 12.7 Å². The van der Waals surface area contributed by atoms with E-state index in [2.05, 4.69) is 15.0 Å². The van der Waals surface area contributed by atoms with Crippen LogP contribution in [0.5, 0.6) is 0 Å². The predicted molar refractivity (Wildman–Crippen MR) is 57.9 cm³/mol. The van der Waals surface area contributed by atoms with Gasteiger partial charge in [-0.2, -0.15) is 0 Å². The molecule has 0 saturated heterocycles. The number of hydrogen-bond acceptors (Lipinski definition) is 4. The molecule has 1 heterocycles. The lowest BCUT2D eigenvalue weighted by Gasteiger charge is -2.04. The van der Waals surface area contributed by atoms with Crippen LogP contribution in [0.2, 0.25) is 0 Å². The molecule has 0 atom stereocenters. The lowest BCUT2D eigenvalue weighted by Crippen LogP contribution is -2.20. The second-order valence-electron chi connectivity index (χ2n) is 2.99. The van der Waals surface area contributed by atoms with E-state index in [4.69, 9.17) is 0 Å². The van der Waals surface area contributed by atoms with E-state index in [0.29, 0.717) is 6.54 Å². The van der Waals surface area contributed by atoms with Crippen molar-refractivity contribution in [1.29, 1.82) is 0 Å². The highest BCUT2D eigenvalue weighted by Gasteiger charge is 2.11. The Morgan fingerprint density at radius 2 is 2.13 bits per heavy atom. The molecule has 1 aromatic heterocycles. The first kappa shape index (κ1) is 12.1. The summed E-state index contributed by atoms with van der Waals surface area (Å²) in [5.74, 6) is 0. The highest BCUT2D eigenvalue weighted by Crippen LogP contribution is 2.05. The third kappa shape index (κ3) is 3.26. The van der Waals surface area contributed by atoms with Crippen LogP contribution in [-0.2, 0) is 16.6 Å². The minimum atomic E-state index is -3.42. The molecule has 0 spiro atoms. The smallest absolute Gasteiger partial charge is 0.257 e. The Labute approximate surface area is 90.0 Å². The van der Waals surface area contributed by atoms with Gasteiger partial charge >= 0.3 is 0 Å². The van der Waals surface area contributed by atoms with Crippen LogP contribution in [0, 0.1) is 0 Å². The number of sulfonamides is 1. The van der Waals surface area contributed by atoms with Crippen molar-refractivity contribution < 1.29 is 8.42 Å². The van der Waals surface area contributed by atoms with E-state index in [1.807, 2.05) is 6.92 Å². The Balaban J connectivity index is 2.81. The van der Waals surface area contributed by atoms with Crippen molar-refractivity contribution in [3.05, 3.63) is 23.9 Å². The molecule has 0 aliphatic heterocycles. The molecule has 1 rings (SSSR count). The van der Waals surface area contributed by atoms with Crippen LogP contribution < -0.4 is 10.0 Å². The Morgan fingerprint density at radius 3 is 2.60 bits per heavy atom. The molecular weight excluding hydrogens is 214 g/mol. The van der Waals surface area contributed by atoms with Gasteiger partial charge in [0.15, 0.2) is 5.03 Å². The van der Waals surface area contributed by atoms with Crippen LogP contribution in [0.3, 0.4) is 0 Å². The van der Waals surface area contributed by atoms with Gasteiger partial charge in [-0.15, -0.1) is 0 Å². The van der Waals surface area contributed by atoms with Gasteiger partial charge in [0.25, 0.3) is 10.0 Å². The molecule has 0 bridgehead atoms. The second-order valence-corrected chi connectivity index (χ2v) is 4.83. The van der Waals surface area contributed by atoms with Gasteiger partial charge < -0.3 is 5.32 Å². The van der Waals surface area contributed by atoms with Crippen LogP contribution >= 0.6 is 0 Å². The van der Waals surface area contributed by atoms with Crippen molar-refractivity contribution >= 4 is 10.0 Å². The summed E-state index contributed by atoms with van der Waals surface area (Å²) in [5.41, 5.74) is 0.965. The Hall–Kier alpha value is -0.980. The number of nitrogens with zero attached hydrogens (tertiary/aromatic N) is 1. The number of nitrogens with one attached hydrogen (secondary N) is 2. The number of aromatic nitrogens is 1. The van der Waals surface area contributed by atoms with Gasteiger partial charge in [0.1, 0.15) is 0 Å². The molecule has 0 fully saturated rings. The summed E-state index contributed by atoms with van der Waals surface area (Å²) >= 11 is 0. The first-order chi connectivity index (χ1) is 7.10. The zero-order valence-corrected chi connectivity index (χ0v) is 9.63. The van der Waals surface area contributed by atoms with Gasteiger partial charge in [0.2, 0.25) is 0 Å². The van der Waals surface area contributed by atoms with E-state index >= 15 is 0 Å². The van der Waals surface area contributed by atoms with Gasteiger partial charge in [0.05, 0.1) is 0 Å². The summed E-state index contributed by atoms with van der Waals surface area (Å²) in [6.07, 6.45) is 1.56. The zero-order valence-electron chi connectivity index (χ0n) is 8.82. The maximum atomic E-state index is 11.3. The van der Waals surface area contributed by atoms with E-state index in [1.165, 1.54) is 13.1 Å². The van der Waals surface area contributed by atoms with Crippen molar-refractivity contribution in [2.24, 2.45) is 0 Å². The normalized spacial score (nSPS) is 11.6. The third-order valence-electron chi connectivity index (χ3n) is 1.92. The molecule has 0 saturated carbocycles. The fourth-order valence-electron chi connectivity index (χ4n) is 1.05. The Kier molecular flexibility index (Phi) is 4.19. The average Bonchev–Trinajstić information content (AvgIpc) is 2.27. The summed E-state index contributed by atoms with van der Waals surface area (Å²) in [5, 5.41) is 3.18. The highest BCUT2D eigenvalue weighted by atomic mass is 32.2.